The Hall–Kier alpha value is -2.96. The standard InChI is InChI=1S/C24H21ClN4OS/c1-13(30)28-20-11-14-5-4-7-17-21(24(14)31-20)23(16-6-2-3-8-18(16)25)29-22(17)15-9-10-19(26)27-12-15/h2-3,6,8-12,23H,4-5,7H2,1H3,(H2,26,27)(H,28,30). The van der Waals surface area contributed by atoms with E-state index in [9.17, 15) is 4.79 Å². The summed E-state index contributed by atoms with van der Waals surface area (Å²) in [5.74, 6) is 0.421. The van der Waals surface area contributed by atoms with Crippen LogP contribution in [0.15, 0.2) is 59.2 Å². The normalized spacial score (nSPS) is 17.6. The van der Waals surface area contributed by atoms with Crippen molar-refractivity contribution in [2.45, 2.75) is 32.2 Å². The summed E-state index contributed by atoms with van der Waals surface area (Å²) in [4.78, 5) is 22.3. The van der Waals surface area contributed by atoms with Crippen LogP contribution in [0.3, 0.4) is 0 Å². The lowest BCUT2D eigenvalue weighted by Crippen LogP contribution is -2.04. The Kier molecular flexibility index (Phi) is 5.12. The summed E-state index contributed by atoms with van der Waals surface area (Å²) in [5, 5.41) is 4.51. The highest BCUT2D eigenvalue weighted by Gasteiger charge is 2.35. The summed E-state index contributed by atoms with van der Waals surface area (Å²) < 4.78 is 0. The molecule has 0 saturated carbocycles. The molecule has 1 unspecified atom stereocenters. The number of aryl methyl sites for hydroxylation is 1. The molecule has 1 atom stereocenters. The van der Waals surface area contributed by atoms with Crippen molar-refractivity contribution in [3.05, 3.63) is 80.8 Å². The second kappa shape index (κ2) is 7.94. The number of rotatable bonds is 3. The minimum atomic E-state index is -0.197. The number of carbonyl (C=O) groups is 1. The number of benzene rings is 1. The number of thiophene rings is 1. The molecule has 5 nitrogen and oxygen atoms in total. The third-order valence-corrected chi connectivity index (χ3v) is 7.10. The quantitative estimate of drug-likeness (QED) is 0.541. The van der Waals surface area contributed by atoms with Crippen molar-refractivity contribution >= 4 is 50.9 Å². The lowest BCUT2D eigenvalue weighted by molar-refractivity contribution is -0.114. The van der Waals surface area contributed by atoms with Crippen LogP contribution in [0.25, 0.3) is 5.57 Å². The number of anilines is 2. The van der Waals surface area contributed by atoms with Crippen molar-refractivity contribution in [2.24, 2.45) is 4.99 Å². The van der Waals surface area contributed by atoms with Gasteiger partial charge in [-0.3, -0.25) is 9.79 Å². The maximum Gasteiger partial charge on any atom is 0.221 e. The summed E-state index contributed by atoms with van der Waals surface area (Å²) in [5.41, 5.74) is 12.4. The van der Waals surface area contributed by atoms with Crippen molar-refractivity contribution < 1.29 is 4.79 Å². The molecule has 1 aliphatic carbocycles. The van der Waals surface area contributed by atoms with E-state index in [4.69, 9.17) is 22.3 Å². The number of hydrogen-bond acceptors (Lipinski definition) is 5. The molecule has 7 heteroatoms. The highest BCUT2D eigenvalue weighted by atomic mass is 35.5. The average molecular weight is 449 g/mol. The number of hydrogen-bond donors (Lipinski definition) is 2. The Morgan fingerprint density at radius 1 is 1.23 bits per heavy atom. The van der Waals surface area contributed by atoms with Crippen LogP contribution in [0.4, 0.5) is 10.8 Å². The second-order valence-electron chi connectivity index (χ2n) is 7.77. The van der Waals surface area contributed by atoms with E-state index < -0.39 is 0 Å². The molecule has 3 N–H and O–H groups in total. The van der Waals surface area contributed by atoms with Gasteiger partial charge < -0.3 is 11.1 Å². The minimum Gasteiger partial charge on any atom is -0.384 e. The highest BCUT2D eigenvalue weighted by molar-refractivity contribution is 7.17. The number of nitrogens with two attached hydrogens (primary N) is 1. The first-order chi connectivity index (χ1) is 15.0. The molecule has 0 fully saturated rings. The molecule has 1 amide bonds. The zero-order chi connectivity index (χ0) is 21.5. The molecule has 5 rings (SSSR count). The Balaban J connectivity index is 1.71. The van der Waals surface area contributed by atoms with Crippen LogP contribution in [0.2, 0.25) is 5.02 Å². The number of halogens is 1. The molecule has 0 saturated heterocycles. The van der Waals surface area contributed by atoms with E-state index in [2.05, 4.69) is 16.4 Å². The van der Waals surface area contributed by atoms with Crippen LogP contribution in [0, 0.1) is 0 Å². The Bertz CT molecular complexity index is 1240. The van der Waals surface area contributed by atoms with Crippen LogP contribution in [-0.4, -0.2) is 16.6 Å². The number of nitrogens with zero attached hydrogens (tertiary/aromatic N) is 2. The SMILES string of the molecule is CC(=O)Nc1cc2c(s1)C1=C(CCC2)C(c2ccc(N)nc2)=NC1c1ccccc1Cl. The molecule has 1 aromatic carbocycles. The Labute approximate surface area is 189 Å². The second-order valence-corrected chi connectivity index (χ2v) is 9.22. The number of nitrogens with one attached hydrogen (secondary N) is 1. The Morgan fingerprint density at radius 2 is 2.06 bits per heavy atom. The molecular weight excluding hydrogens is 428 g/mol. The largest absolute Gasteiger partial charge is 0.384 e. The van der Waals surface area contributed by atoms with Gasteiger partial charge in [0.1, 0.15) is 11.9 Å². The molecular formula is C24H21ClN4OS. The fraction of sp³-hybridized carbons (Fsp3) is 0.208. The van der Waals surface area contributed by atoms with Gasteiger partial charge in [0.25, 0.3) is 0 Å². The summed E-state index contributed by atoms with van der Waals surface area (Å²) in [6.07, 6.45) is 4.69. The number of nitrogen functional groups attached to an aromatic ring is 1. The maximum absolute atomic E-state index is 11.6. The Morgan fingerprint density at radius 3 is 2.81 bits per heavy atom. The van der Waals surface area contributed by atoms with Gasteiger partial charge >= 0.3 is 0 Å². The van der Waals surface area contributed by atoms with Crippen molar-refractivity contribution in [1.29, 1.82) is 0 Å². The molecule has 3 heterocycles. The lowest BCUT2D eigenvalue weighted by atomic mass is 9.92. The minimum absolute atomic E-state index is 0.0652. The van der Waals surface area contributed by atoms with Crippen molar-refractivity contribution in [3.63, 3.8) is 0 Å². The first-order valence-corrected chi connectivity index (χ1v) is 11.4. The molecule has 31 heavy (non-hydrogen) atoms. The number of pyridine rings is 1. The molecule has 2 aliphatic rings. The number of amides is 1. The molecule has 2 aromatic heterocycles. The molecule has 0 bridgehead atoms. The topological polar surface area (TPSA) is 80.4 Å². The van der Waals surface area contributed by atoms with Gasteiger partial charge in [0.2, 0.25) is 5.91 Å². The summed E-state index contributed by atoms with van der Waals surface area (Å²) in [6, 6.07) is 13.6. The zero-order valence-corrected chi connectivity index (χ0v) is 18.6. The third kappa shape index (κ3) is 3.66. The third-order valence-electron chi connectivity index (χ3n) is 5.63. The van der Waals surface area contributed by atoms with Crippen LogP contribution in [-0.2, 0) is 11.2 Å². The first-order valence-electron chi connectivity index (χ1n) is 10.2. The number of allylic oxidation sites excluding steroid dienone is 1. The predicted molar refractivity (Wildman–Crippen MR) is 128 cm³/mol. The van der Waals surface area contributed by atoms with Gasteiger partial charge in [0.15, 0.2) is 0 Å². The summed E-state index contributed by atoms with van der Waals surface area (Å²) in [6.45, 7) is 1.53. The predicted octanol–water partition coefficient (Wildman–Crippen LogP) is 5.67. The van der Waals surface area contributed by atoms with Crippen LogP contribution in [0.1, 0.15) is 47.4 Å². The fourth-order valence-corrected chi connectivity index (χ4v) is 5.82. The van der Waals surface area contributed by atoms with E-state index in [-0.39, 0.29) is 11.9 Å². The zero-order valence-electron chi connectivity index (χ0n) is 17.0. The number of aromatic nitrogens is 1. The van der Waals surface area contributed by atoms with Gasteiger partial charge in [-0.15, -0.1) is 11.3 Å². The van der Waals surface area contributed by atoms with E-state index in [0.29, 0.717) is 10.8 Å². The monoisotopic (exact) mass is 448 g/mol. The number of aliphatic imine (C=N–C) groups is 1. The molecule has 156 valence electrons. The fourth-order valence-electron chi connectivity index (χ4n) is 4.33. The number of carbonyl (C=O) groups excluding carboxylic acids is 1. The summed E-state index contributed by atoms with van der Waals surface area (Å²) in [7, 11) is 0. The number of fused-ring (bicyclic) bond motifs is 2. The van der Waals surface area contributed by atoms with Crippen LogP contribution in [0.5, 0.6) is 0 Å². The van der Waals surface area contributed by atoms with Gasteiger partial charge in [-0.1, -0.05) is 29.8 Å². The lowest BCUT2D eigenvalue weighted by Gasteiger charge is -2.15. The van der Waals surface area contributed by atoms with Crippen molar-refractivity contribution in [2.75, 3.05) is 11.1 Å². The maximum atomic E-state index is 11.6. The summed E-state index contributed by atoms with van der Waals surface area (Å²) >= 11 is 8.23. The average Bonchev–Trinajstić information content (AvgIpc) is 3.25. The molecule has 1 aliphatic heterocycles. The first kappa shape index (κ1) is 20.0. The molecule has 0 spiro atoms. The molecule has 0 radical (unpaired) electrons. The van der Waals surface area contributed by atoms with E-state index >= 15 is 0 Å². The van der Waals surface area contributed by atoms with E-state index in [0.717, 1.165) is 41.1 Å². The van der Waals surface area contributed by atoms with E-state index in [1.807, 2.05) is 36.4 Å². The van der Waals surface area contributed by atoms with Crippen molar-refractivity contribution in [3.8, 4) is 0 Å². The van der Waals surface area contributed by atoms with Crippen molar-refractivity contribution in [1.82, 2.24) is 4.98 Å². The molecule has 3 aromatic rings. The van der Waals surface area contributed by atoms with Crippen LogP contribution >= 0.6 is 22.9 Å². The van der Waals surface area contributed by atoms with E-state index in [1.54, 1.807) is 17.5 Å². The smallest absolute Gasteiger partial charge is 0.221 e. The van der Waals surface area contributed by atoms with Crippen LogP contribution < -0.4 is 11.1 Å². The van der Waals surface area contributed by atoms with Gasteiger partial charge in [-0.2, -0.15) is 0 Å². The van der Waals surface area contributed by atoms with Gasteiger partial charge in [0, 0.05) is 34.2 Å². The highest BCUT2D eigenvalue weighted by Crippen LogP contribution is 2.50. The van der Waals surface area contributed by atoms with Gasteiger partial charge in [-0.05, 0) is 60.2 Å². The van der Waals surface area contributed by atoms with Gasteiger partial charge in [-0.25, -0.2) is 4.98 Å². The van der Waals surface area contributed by atoms with Gasteiger partial charge in [0.05, 0.1) is 10.7 Å². The van der Waals surface area contributed by atoms with E-state index in [1.165, 1.54) is 28.5 Å².